The van der Waals surface area contributed by atoms with Gasteiger partial charge >= 0.3 is 0 Å². The Kier molecular flexibility index (Phi) is 5.39. The molecule has 0 bridgehead atoms. The third-order valence-corrected chi connectivity index (χ3v) is 6.63. The van der Waals surface area contributed by atoms with E-state index in [2.05, 4.69) is 50.4 Å². The fourth-order valence-electron chi connectivity index (χ4n) is 4.24. The number of pyridine rings is 2. The number of hydrogen-bond donors (Lipinski definition) is 0. The average Bonchev–Trinajstić information content (AvgIpc) is 3.02. The predicted octanol–water partition coefficient (Wildman–Crippen LogP) is 6.17. The van der Waals surface area contributed by atoms with Gasteiger partial charge in [-0.1, -0.05) is 31.4 Å². The maximum Gasteiger partial charge on any atom is 0.178 e. The average molecular weight is 459 g/mol. The summed E-state index contributed by atoms with van der Waals surface area (Å²) in [6, 6.07) is 5.98. The number of fused-ring (bicyclic) bond motifs is 1. The summed E-state index contributed by atoms with van der Waals surface area (Å²) in [5, 5.41) is 9.97. The molecule has 4 rings (SSSR count). The Bertz CT molecular complexity index is 1060. The zero-order valence-electron chi connectivity index (χ0n) is 15.9. The Morgan fingerprint density at radius 1 is 1.21 bits per heavy atom. The lowest BCUT2D eigenvalue weighted by molar-refractivity contribution is 0.226. The fraction of sp³-hybridized carbons (Fsp3) is 0.429. The Hall–Kier alpha value is -1.97. The van der Waals surface area contributed by atoms with E-state index in [9.17, 15) is 5.26 Å². The molecule has 5 nitrogen and oxygen atoms in total. The minimum Gasteiger partial charge on any atom is -0.314 e. The molecule has 0 aliphatic heterocycles. The predicted molar refractivity (Wildman–Crippen MR) is 114 cm³/mol. The molecule has 0 N–H and O–H groups in total. The number of nitriles is 1. The molecule has 28 heavy (non-hydrogen) atoms. The second-order valence-electron chi connectivity index (χ2n) is 7.74. The summed E-state index contributed by atoms with van der Waals surface area (Å²) >= 11 is 9.83. The number of rotatable bonds is 3. The topological polar surface area (TPSA) is 67.4 Å². The zero-order valence-corrected chi connectivity index (χ0v) is 18.2. The van der Waals surface area contributed by atoms with Gasteiger partial charge in [0.2, 0.25) is 0 Å². The van der Waals surface area contributed by atoms with Gasteiger partial charge in [0.05, 0.1) is 21.7 Å². The molecule has 0 spiro atoms. The van der Waals surface area contributed by atoms with Crippen molar-refractivity contribution in [3.63, 3.8) is 0 Å². The van der Waals surface area contributed by atoms with Gasteiger partial charge in [-0.25, -0.2) is 9.97 Å². The van der Waals surface area contributed by atoms with Crippen LogP contribution in [0.2, 0.25) is 5.02 Å². The third-order valence-electron chi connectivity index (χ3n) is 5.87. The van der Waals surface area contributed by atoms with Gasteiger partial charge in [-0.2, -0.15) is 5.26 Å². The maximum absolute atomic E-state index is 9.44. The van der Waals surface area contributed by atoms with E-state index in [-0.39, 0.29) is 6.04 Å². The Labute approximate surface area is 177 Å². The molecule has 0 radical (unpaired) electrons. The lowest BCUT2D eigenvalue weighted by atomic mass is 9.79. The summed E-state index contributed by atoms with van der Waals surface area (Å²) in [6.45, 7) is 4.59. The third kappa shape index (κ3) is 3.54. The van der Waals surface area contributed by atoms with Crippen LogP contribution in [0, 0.1) is 23.2 Å². The van der Waals surface area contributed by atoms with Gasteiger partial charge in [-0.3, -0.25) is 4.98 Å². The molecule has 1 saturated carbocycles. The molecule has 1 atom stereocenters. The molecular weight excluding hydrogens is 438 g/mol. The summed E-state index contributed by atoms with van der Waals surface area (Å²) in [7, 11) is 0. The van der Waals surface area contributed by atoms with Crippen molar-refractivity contribution < 1.29 is 0 Å². The SMILES string of the molecule is C[C@H]([C@H]1CC[C@H](C)CC1)n1c(Br)nc2cc(C#N)nc(-c3cncc(Cl)c3)c21. The second kappa shape index (κ2) is 7.81. The first-order valence-electron chi connectivity index (χ1n) is 9.57. The Balaban J connectivity index is 1.90. The van der Waals surface area contributed by atoms with E-state index in [0.29, 0.717) is 22.3 Å². The quantitative estimate of drug-likeness (QED) is 0.471. The molecular formula is C21H21BrClN5. The minimum atomic E-state index is 0.271. The first-order chi connectivity index (χ1) is 13.5. The van der Waals surface area contributed by atoms with Gasteiger partial charge in [-0.05, 0) is 53.6 Å². The smallest absolute Gasteiger partial charge is 0.178 e. The fourth-order valence-corrected chi connectivity index (χ4v) is 5.11. The first-order valence-corrected chi connectivity index (χ1v) is 10.7. The number of aromatic nitrogens is 4. The Morgan fingerprint density at radius 2 is 1.96 bits per heavy atom. The number of imidazole rings is 1. The van der Waals surface area contributed by atoms with E-state index < -0.39 is 0 Å². The molecule has 0 aromatic carbocycles. The first kappa shape index (κ1) is 19.4. The highest BCUT2D eigenvalue weighted by Gasteiger charge is 2.28. The van der Waals surface area contributed by atoms with E-state index in [4.69, 9.17) is 16.6 Å². The van der Waals surface area contributed by atoms with E-state index >= 15 is 0 Å². The number of nitrogens with zero attached hydrogens (tertiary/aromatic N) is 5. The second-order valence-corrected chi connectivity index (χ2v) is 8.88. The molecule has 1 fully saturated rings. The summed E-state index contributed by atoms with van der Waals surface area (Å²) in [6.07, 6.45) is 8.28. The van der Waals surface area contributed by atoms with Gasteiger partial charge < -0.3 is 4.57 Å². The summed E-state index contributed by atoms with van der Waals surface area (Å²) < 4.78 is 2.99. The molecule has 0 unspecified atom stereocenters. The van der Waals surface area contributed by atoms with Crippen molar-refractivity contribution in [3.05, 3.63) is 40.0 Å². The van der Waals surface area contributed by atoms with Crippen LogP contribution in [0.25, 0.3) is 22.3 Å². The van der Waals surface area contributed by atoms with Crippen LogP contribution in [0.15, 0.2) is 29.3 Å². The van der Waals surface area contributed by atoms with E-state index in [1.807, 2.05) is 6.07 Å². The number of hydrogen-bond acceptors (Lipinski definition) is 4. The van der Waals surface area contributed by atoms with Crippen molar-refractivity contribution in [3.8, 4) is 17.3 Å². The van der Waals surface area contributed by atoms with E-state index in [1.165, 1.54) is 25.7 Å². The van der Waals surface area contributed by atoms with Gasteiger partial charge in [0, 0.05) is 30.1 Å². The van der Waals surface area contributed by atoms with Crippen LogP contribution in [0.5, 0.6) is 0 Å². The molecule has 1 aliphatic rings. The molecule has 0 amide bonds. The van der Waals surface area contributed by atoms with Crippen LogP contribution in [0.1, 0.15) is 51.3 Å². The van der Waals surface area contributed by atoms with Crippen LogP contribution in [-0.4, -0.2) is 19.5 Å². The number of halogens is 2. The normalized spacial score (nSPS) is 20.8. The molecule has 3 aromatic rings. The van der Waals surface area contributed by atoms with Crippen LogP contribution in [0.4, 0.5) is 0 Å². The van der Waals surface area contributed by atoms with Gasteiger partial charge in [0.25, 0.3) is 0 Å². The molecule has 0 saturated heterocycles. The van der Waals surface area contributed by atoms with Gasteiger partial charge in [0.15, 0.2) is 4.73 Å². The highest BCUT2D eigenvalue weighted by atomic mass is 79.9. The van der Waals surface area contributed by atoms with E-state index in [0.717, 1.165) is 27.2 Å². The minimum absolute atomic E-state index is 0.271. The van der Waals surface area contributed by atoms with Crippen LogP contribution < -0.4 is 0 Å². The molecule has 3 aromatic heterocycles. The van der Waals surface area contributed by atoms with Crippen molar-refractivity contribution in [1.82, 2.24) is 19.5 Å². The highest BCUT2D eigenvalue weighted by molar-refractivity contribution is 9.10. The molecule has 7 heteroatoms. The van der Waals surface area contributed by atoms with Gasteiger partial charge in [-0.15, -0.1) is 0 Å². The summed E-state index contributed by atoms with van der Waals surface area (Å²) in [5.74, 6) is 1.39. The van der Waals surface area contributed by atoms with E-state index in [1.54, 1.807) is 18.5 Å². The largest absolute Gasteiger partial charge is 0.314 e. The monoisotopic (exact) mass is 457 g/mol. The van der Waals surface area contributed by atoms with Crippen molar-refractivity contribution in [2.45, 2.75) is 45.6 Å². The molecule has 144 valence electrons. The Morgan fingerprint density at radius 3 is 2.64 bits per heavy atom. The van der Waals surface area contributed by atoms with Crippen LogP contribution in [0.3, 0.4) is 0 Å². The van der Waals surface area contributed by atoms with Crippen molar-refractivity contribution >= 4 is 38.6 Å². The van der Waals surface area contributed by atoms with Crippen LogP contribution in [-0.2, 0) is 0 Å². The van der Waals surface area contributed by atoms with Crippen molar-refractivity contribution in [2.24, 2.45) is 11.8 Å². The molecule has 3 heterocycles. The maximum atomic E-state index is 9.44. The van der Waals surface area contributed by atoms with Gasteiger partial charge in [0.1, 0.15) is 11.8 Å². The summed E-state index contributed by atoms with van der Waals surface area (Å²) in [5.41, 5.74) is 3.48. The van der Waals surface area contributed by atoms with Crippen molar-refractivity contribution in [1.29, 1.82) is 5.26 Å². The lowest BCUT2D eigenvalue weighted by Gasteiger charge is -2.32. The van der Waals surface area contributed by atoms with Crippen LogP contribution >= 0.6 is 27.5 Å². The standard InChI is InChI=1S/C21H21BrClN5/c1-12-3-5-14(6-4-12)13(2)28-20-18(27-21(28)22)8-17(9-24)26-19(20)15-7-16(23)11-25-10-15/h7-8,10-14H,3-6H2,1-2H3/t12-,13-,14-/m1/s1. The molecule has 1 aliphatic carbocycles. The zero-order chi connectivity index (χ0) is 19.8. The van der Waals surface area contributed by atoms with Crippen molar-refractivity contribution in [2.75, 3.05) is 0 Å². The summed E-state index contributed by atoms with van der Waals surface area (Å²) in [4.78, 5) is 13.5. The lowest BCUT2D eigenvalue weighted by Crippen LogP contribution is -2.22. The highest BCUT2D eigenvalue weighted by Crippen LogP contribution is 2.40.